The van der Waals surface area contributed by atoms with Crippen LogP contribution in [0.25, 0.3) is 0 Å². The summed E-state index contributed by atoms with van der Waals surface area (Å²) in [6, 6.07) is 9.00. The van der Waals surface area contributed by atoms with Gasteiger partial charge in [-0.05, 0) is 49.6 Å². The van der Waals surface area contributed by atoms with E-state index in [-0.39, 0.29) is 18.3 Å². The number of nitrogens with zero attached hydrogens (tertiary/aromatic N) is 1. The largest absolute Gasteiger partial charge is 0.418 e. The highest BCUT2D eigenvalue weighted by molar-refractivity contribution is 5.93. The molecule has 0 spiro atoms. The second kappa shape index (κ2) is 8.29. The van der Waals surface area contributed by atoms with Crippen molar-refractivity contribution in [2.75, 3.05) is 11.9 Å². The quantitative estimate of drug-likeness (QED) is 0.580. The topological polar surface area (TPSA) is 32.3 Å². The summed E-state index contributed by atoms with van der Waals surface area (Å²) in [5.41, 5.74) is -1.70. The van der Waals surface area contributed by atoms with Crippen LogP contribution >= 0.6 is 0 Å². The van der Waals surface area contributed by atoms with Gasteiger partial charge in [-0.15, -0.1) is 0 Å². The Morgan fingerprint density at radius 3 is 2.30 bits per heavy atom. The van der Waals surface area contributed by atoms with Crippen LogP contribution in [-0.2, 0) is 17.1 Å². The standard InChI is InChI=1S/C21H20F6N2O/c1-13(14-5-4-6-15(11-14)20(22,23)24)29(16-9-10-16)12-19(30)28-18-8-3-2-7-17(18)21(25,26)27/h2-8,11,13,16H,9-10,12H2,1H3,(H,28,30). The smallest absolute Gasteiger partial charge is 0.324 e. The molecule has 2 aromatic rings. The van der Waals surface area contributed by atoms with E-state index in [1.54, 1.807) is 17.9 Å². The van der Waals surface area contributed by atoms with Gasteiger partial charge in [0, 0.05) is 12.1 Å². The van der Waals surface area contributed by atoms with E-state index in [1.807, 2.05) is 0 Å². The van der Waals surface area contributed by atoms with E-state index in [2.05, 4.69) is 5.32 Å². The fourth-order valence-corrected chi connectivity index (χ4v) is 3.35. The first-order valence-corrected chi connectivity index (χ1v) is 9.36. The predicted octanol–water partition coefficient (Wildman–Crippen LogP) is 5.89. The number of para-hydroxylation sites is 1. The Bertz CT molecular complexity index is 905. The first-order chi connectivity index (χ1) is 14.0. The summed E-state index contributed by atoms with van der Waals surface area (Å²) in [5, 5.41) is 2.29. The van der Waals surface area contributed by atoms with Crippen molar-refractivity contribution in [1.29, 1.82) is 0 Å². The molecule has 1 saturated carbocycles. The van der Waals surface area contributed by atoms with E-state index in [9.17, 15) is 31.1 Å². The van der Waals surface area contributed by atoms with E-state index < -0.39 is 35.4 Å². The number of anilines is 1. The van der Waals surface area contributed by atoms with E-state index in [0.717, 1.165) is 31.0 Å². The number of hydrogen-bond acceptors (Lipinski definition) is 2. The van der Waals surface area contributed by atoms with Crippen LogP contribution in [0.15, 0.2) is 48.5 Å². The van der Waals surface area contributed by atoms with Crippen LogP contribution in [-0.4, -0.2) is 23.4 Å². The van der Waals surface area contributed by atoms with Crippen molar-refractivity contribution in [3.05, 3.63) is 65.2 Å². The zero-order chi connectivity index (χ0) is 22.1. The van der Waals surface area contributed by atoms with Gasteiger partial charge in [0.05, 0.1) is 23.4 Å². The van der Waals surface area contributed by atoms with Crippen molar-refractivity contribution >= 4 is 11.6 Å². The van der Waals surface area contributed by atoms with Gasteiger partial charge >= 0.3 is 12.4 Å². The molecule has 2 aromatic carbocycles. The highest BCUT2D eigenvalue weighted by Crippen LogP contribution is 2.37. The predicted molar refractivity (Wildman–Crippen MR) is 99.7 cm³/mol. The summed E-state index contributed by atoms with van der Waals surface area (Å²) < 4.78 is 78.4. The molecule has 1 atom stereocenters. The average Bonchev–Trinajstić information content (AvgIpc) is 3.49. The Labute approximate surface area is 169 Å². The Morgan fingerprint density at radius 2 is 1.70 bits per heavy atom. The molecule has 30 heavy (non-hydrogen) atoms. The summed E-state index contributed by atoms with van der Waals surface area (Å²) in [4.78, 5) is 14.2. The molecular weight excluding hydrogens is 410 g/mol. The minimum absolute atomic E-state index is 0.00171. The molecule has 0 radical (unpaired) electrons. The lowest BCUT2D eigenvalue weighted by molar-refractivity contribution is -0.138. The number of nitrogens with one attached hydrogen (secondary N) is 1. The lowest BCUT2D eigenvalue weighted by Crippen LogP contribution is -2.37. The minimum atomic E-state index is -4.62. The number of alkyl halides is 6. The molecular formula is C21H20F6N2O. The van der Waals surface area contributed by atoms with Gasteiger partial charge in [0.15, 0.2) is 0 Å². The van der Waals surface area contributed by atoms with Crippen LogP contribution in [0.2, 0.25) is 0 Å². The second-order valence-corrected chi connectivity index (χ2v) is 7.29. The molecule has 3 rings (SSSR count). The van der Waals surface area contributed by atoms with E-state index in [4.69, 9.17) is 0 Å². The molecule has 1 aliphatic carbocycles. The maximum absolute atomic E-state index is 13.1. The van der Waals surface area contributed by atoms with Gasteiger partial charge in [-0.2, -0.15) is 26.3 Å². The normalized spacial score (nSPS) is 15.9. The third-order valence-electron chi connectivity index (χ3n) is 5.04. The van der Waals surface area contributed by atoms with Crippen molar-refractivity contribution in [3.8, 4) is 0 Å². The van der Waals surface area contributed by atoms with Gasteiger partial charge < -0.3 is 5.32 Å². The SMILES string of the molecule is CC(c1cccc(C(F)(F)F)c1)N(CC(=O)Nc1ccccc1C(F)(F)F)C1CC1. The van der Waals surface area contributed by atoms with E-state index in [0.29, 0.717) is 5.56 Å². The van der Waals surface area contributed by atoms with Crippen LogP contribution < -0.4 is 5.32 Å². The molecule has 1 amide bonds. The first kappa shape index (κ1) is 22.1. The number of halogens is 6. The number of carbonyl (C=O) groups is 1. The van der Waals surface area contributed by atoms with Crippen LogP contribution in [0.3, 0.4) is 0 Å². The molecule has 162 valence electrons. The number of carbonyl (C=O) groups excluding carboxylic acids is 1. The Kier molecular flexibility index (Phi) is 6.12. The summed E-state index contributed by atoms with van der Waals surface area (Å²) in [6.07, 6.45) is -7.56. The van der Waals surface area contributed by atoms with Gasteiger partial charge in [0.25, 0.3) is 0 Å². The third-order valence-corrected chi connectivity index (χ3v) is 5.04. The van der Waals surface area contributed by atoms with E-state index in [1.165, 1.54) is 24.3 Å². The van der Waals surface area contributed by atoms with Crippen molar-refractivity contribution in [3.63, 3.8) is 0 Å². The highest BCUT2D eigenvalue weighted by Gasteiger charge is 2.37. The van der Waals surface area contributed by atoms with Crippen molar-refractivity contribution in [2.45, 2.75) is 44.2 Å². The van der Waals surface area contributed by atoms with Crippen molar-refractivity contribution < 1.29 is 31.1 Å². The van der Waals surface area contributed by atoms with Crippen LogP contribution in [0.4, 0.5) is 32.0 Å². The van der Waals surface area contributed by atoms with Gasteiger partial charge in [0.2, 0.25) is 5.91 Å². The number of hydrogen-bond donors (Lipinski definition) is 1. The molecule has 9 heteroatoms. The number of amides is 1. The van der Waals surface area contributed by atoms with Gasteiger partial charge in [-0.25, -0.2) is 0 Å². The molecule has 3 nitrogen and oxygen atoms in total. The third kappa shape index (κ3) is 5.33. The zero-order valence-electron chi connectivity index (χ0n) is 16.0. The van der Waals surface area contributed by atoms with Crippen LogP contribution in [0, 0.1) is 0 Å². The summed E-state index contributed by atoms with van der Waals surface area (Å²) >= 11 is 0. The lowest BCUT2D eigenvalue weighted by Gasteiger charge is -2.29. The maximum atomic E-state index is 13.1. The monoisotopic (exact) mass is 430 g/mol. The van der Waals surface area contributed by atoms with Crippen molar-refractivity contribution in [1.82, 2.24) is 4.90 Å². The first-order valence-electron chi connectivity index (χ1n) is 9.36. The molecule has 1 unspecified atom stereocenters. The number of benzene rings is 2. The lowest BCUT2D eigenvalue weighted by atomic mass is 10.0. The summed E-state index contributed by atoms with van der Waals surface area (Å²) in [6.45, 7) is 1.46. The molecule has 1 fully saturated rings. The minimum Gasteiger partial charge on any atom is -0.324 e. The molecule has 0 heterocycles. The summed E-state index contributed by atoms with van der Waals surface area (Å²) in [7, 11) is 0. The Balaban J connectivity index is 1.76. The fourth-order valence-electron chi connectivity index (χ4n) is 3.35. The van der Waals surface area contributed by atoms with Crippen LogP contribution in [0.5, 0.6) is 0 Å². The molecule has 1 N–H and O–H groups in total. The molecule has 1 aliphatic rings. The van der Waals surface area contributed by atoms with E-state index >= 15 is 0 Å². The Morgan fingerprint density at radius 1 is 1.03 bits per heavy atom. The second-order valence-electron chi connectivity index (χ2n) is 7.29. The van der Waals surface area contributed by atoms with Crippen LogP contribution in [0.1, 0.15) is 42.5 Å². The fraction of sp³-hybridized carbons (Fsp3) is 0.381. The average molecular weight is 430 g/mol. The zero-order valence-corrected chi connectivity index (χ0v) is 16.0. The number of rotatable bonds is 6. The summed E-state index contributed by atoms with van der Waals surface area (Å²) in [5.74, 6) is -0.655. The maximum Gasteiger partial charge on any atom is 0.418 e. The van der Waals surface area contributed by atoms with Gasteiger partial charge in [0.1, 0.15) is 0 Å². The molecule has 0 aliphatic heterocycles. The van der Waals surface area contributed by atoms with Crippen molar-refractivity contribution in [2.24, 2.45) is 0 Å². The Hall–Kier alpha value is -2.55. The van der Waals surface area contributed by atoms with Gasteiger partial charge in [-0.1, -0.05) is 24.3 Å². The molecule has 0 aromatic heterocycles. The molecule has 0 saturated heterocycles. The van der Waals surface area contributed by atoms with Gasteiger partial charge in [-0.3, -0.25) is 9.69 Å². The highest BCUT2D eigenvalue weighted by atomic mass is 19.4. The molecule has 0 bridgehead atoms.